The van der Waals surface area contributed by atoms with Gasteiger partial charge in [0.15, 0.2) is 0 Å². The highest BCUT2D eigenvalue weighted by Crippen LogP contribution is 2.66. The van der Waals surface area contributed by atoms with E-state index in [1.165, 1.54) is 121 Å². The molecule has 2 aliphatic carbocycles. The van der Waals surface area contributed by atoms with Gasteiger partial charge in [-0.05, 0) is 133 Å². The third kappa shape index (κ3) is 3.67. The Hall–Kier alpha value is -7.02. The van der Waals surface area contributed by atoms with Crippen LogP contribution in [-0.4, -0.2) is 0 Å². The maximum absolute atomic E-state index is 2.56. The van der Waals surface area contributed by atoms with Crippen LogP contribution in [0.5, 0.6) is 0 Å². The van der Waals surface area contributed by atoms with Crippen LogP contribution >= 0.6 is 0 Å². The average molecular weight is 693 g/mol. The molecule has 11 aromatic rings. The van der Waals surface area contributed by atoms with Gasteiger partial charge in [-0.25, -0.2) is 0 Å². The van der Waals surface area contributed by atoms with E-state index in [9.17, 15) is 0 Å². The zero-order valence-corrected chi connectivity index (χ0v) is 30.0. The molecule has 0 aromatic heterocycles. The average Bonchev–Trinajstić information content (AvgIpc) is 3.73. The van der Waals surface area contributed by atoms with Crippen LogP contribution in [0.25, 0.3) is 98.4 Å². The lowest BCUT2D eigenvalue weighted by atomic mass is 9.68. The van der Waals surface area contributed by atoms with Gasteiger partial charge in [0.1, 0.15) is 0 Å². The Balaban J connectivity index is 1.20. The minimum atomic E-state index is -0.520. The molecule has 0 bridgehead atoms. The highest BCUT2D eigenvalue weighted by molar-refractivity contribution is 6.25. The highest BCUT2D eigenvalue weighted by Gasteiger charge is 2.53. The van der Waals surface area contributed by atoms with E-state index in [0.29, 0.717) is 0 Å². The van der Waals surface area contributed by atoms with Gasteiger partial charge in [-0.2, -0.15) is 0 Å². The summed E-state index contributed by atoms with van der Waals surface area (Å²) in [5.41, 5.74) is 15.4. The SMILES string of the molecule is c1ccc2c(c1)-c1ccccc1C21c2cc(-c3ccc4ccc5cccc6ccc3c4c56)ccc2-c2c1c(-c1cccc3ccccc13)cc1ccccc21. The van der Waals surface area contributed by atoms with Crippen LogP contribution in [0.15, 0.2) is 194 Å². The van der Waals surface area contributed by atoms with E-state index in [1.807, 2.05) is 0 Å². The van der Waals surface area contributed by atoms with Crippen LogP contribution in [-0.2, 0) is 5.41 Å². The normalized spacial score (nSPS) is 13.6. The quantitative estimate of drug-likeness (QED) is 0.158. The minimum Gasteiger partial charge on any atom is -0.0619 e. The van der Waals surface area contributed by atoms with Gasteiger partial charge in [-0.1, -0.05) is 182 Å². The second-order valence-corrected chi connectivity index (χ2v) is 15.5. The maximum Gasteiger partial charge on any atom is 0.0731 e. The molecule has 0 heterocycles. The van der Waals surface area contributed by atoms with Crippen LogP contribution in [0.2, 0.25) is 0 Å². The molecule has 11 aromatic carbocycles. The summed E-state index contributed by atoms with van der Waals surface area (Å²) in [6.07, 6.45) is 0. The molecule has 2 aliphatic rings. The van der Waals surface area contributed by atoms with E-state index in [2.05, 4.69) is 194 Å². The van der Waals surface area contributed by atoms with E-state index in [1.54, 1.807) is 0 Å². The summed E-state index contributed by atoms with van der Waals surface area (Å²) in [5.74, 6) is 0. The number of hydrogen-bond acceptors (Lipinski definition) is 0. The molecule has 13 rings (SSSR count). The largest absolute Gasteiger partial charge is 0.0731 e. The first-order valence-electron chi connectivity index (χ1n) is 19.3. The first kappa shape index (κ1) is 29.4. The van der Waals surface area contributed by atoms with Crippen molar-refractivity contribution in [2.45, 2.75) is 5.41 Å². The summed E-state index contributed by atoms with van der Waals surface area (Å²) < 4.78 is 0. The van der Waals surface area contributed by atoms with E-state index >= 15 is 0 Å². The molecule has 0 fully saturated rings. The van der Waals surface area contributed by atoms with Crippen molar-refractivity contribution in [3.05, 3.63) is 216 Å². The molecule has 0 nitrogen and oxygen atoms in total. The number of benzene rings is 11. The highest BCUT2D eigenvalue weighted by atomic mass is 14.5. The summed E-state index contributed by atoms with van der Waals surface area (Å²) >= 11 is 0. The monoisotopic (exact) mass is 692 g/mol. The van der Waals surface area contributed by atoms with E-state index < -0.39 is 5.41 Å². The molecule has 0 atom stereocenters. The topological polar surface area (TPSA) is 0 Å². The third-order valence-electron chi connectivity index (χ3n) is 13.0. The van der Waals surface area contributed by atoms with Crippen LogP contribution in [0.3, 0.4) is 0 Å². The molecule has 0 unspecified atom stereocenters. The molecule has 0 aliphatic heterocycles. The Morgan fingerprint density at radius 3 is 1.64 bits per heavy atom. The lowest BCUT2D eigenvalue weighted by Gasteiger charge is -2.33. The molecular weight excluding hydrogens is 661 g/mol. The molecule has 0 radical (unpaired) electrons. The van der Waals surface area contributed by atoms with Crippen LogP contribution in [0, 0.1) is 0 Å². The van der Waals surface area contributed by atoms with Gasteiger partial charge in [0.05, 0.1) is 5.41 Å². The van der Waals surface area contributed by atoms with Crippen LogP contribution in [0.4, 0.5) is 0 Å². The van der Waals surface area contributed by atoms with Gasteiger partial charge >= 0.3 is 0 Å². The second-order valence-electron chi connectivity index (χ2n) is 15.5. The fourth-order valence-electron chi connectivity index (χ4n) is 10.8. The van der Waals surface area contributed by atoms with Crippen molar-refractivity contribution in [1.82, 2.24) is 0 Å². The molecule has 0 saturated carbocycles. The molecule has 55 heavy (non-hydrogen) atoms. The fourth-order valence-corrected chi connectivity index (χ4v) is 10.8. The third-order valence-corrected chi connectivity index (χ3v) is 13.0. The molecule has 0 saturated heterocycles. The van der Waals surface area contributed by atoms with E-state index in [4.69, 9.17) is 0 Å². The smallest absolute Gasteiger partial charge is 0.0619 e. The van der Waals surface area contributed by atoms with Gasteiger partial charge in [-0.3, -0.25) is 0 Å². The molecular formula is C55H32. The summed E-state index contributed by atoms with van der Waals surface area (Å²) in [6, 6.07) is 73.5. The zero-order chi connectivity index (χ0) is 35.8. The summed E-state index contributed by atoms with van der Waals surface area (Å²) in [6.45, 7) is 0. The Kier molecular flexibility index (Phi) is 5.65. The number of hydrogen-bond donors (Lipinski definition) is 0. The maximum atomic E-state index is 2.56. The Morgan fingerprint density at radius 2 is 0.836 bits per heavy atom. The summed E-state index contributed by atoms with van der Waals surface area (Å²) in [4.78, 5) is 0. The molecule has 0 amide bonds. The van der Waals surface area contributed by atoms with E-state index in [-0.39, 0.29) is 0 Å². The van der Waals surface area contributed by atoms with Gasteiger partial charge in [0.2, 0.25) is 0 Å². The Morgan fingerprint density at radius 1 is 0.273 bits per heavy atom. The van der Waals surface area contributed by atoms with Gasteiger partial charge in [0.25, 0.3) is 0 Å². The zero-order valence-electron chi connectivity index (χ0n) is 30.0. The first-order chi connectivity index (χ1) is 27.3. The van der Waals surface area contributed by atoms with Crippen molar-refractivity contribution in [3.63, 3.8) is 0 Å². The van der Waals surface area contributed by atoms with Crippen LogP contribution < -0.4 is 0 Å². The van der Waals surface area contributed by atoms with Crippen molar-refractivity contribution < 1.29 is 0 Å². The number of rotatable bonds is 2. The fraction of sp³-hybridized carbons (Fsp3) is 0.0182. The Labute approximate surface area is 318 Å². The van der Waals surface area contributed by atoms with Crippen LogP contribution in [0.1, 0.15) is 22.3 Å². The minimum absolute atomic E-state index is 0.520. The van der Waals surface area contributed by atoms with Crippen molar-refractivity contribution in [2.24, 2.45) is 0 Å². The van der Waals surface area contributed by atoms with Crippen molar-refractivity contribution >= 4 is 53.9 Å². The van der Waals surface area contributed by atoms with Gasteiger partial charge in [-0.15, -0.1) is 0 Å². The predicted molar refractivity (Wildman–Crippen MR) is 232 cm³/mol. The van der Waals surface area contributed by atoms with Gasteiger partial charge in [0, 0.05) is 0 Å². The Bertz CT molecular complexity index is 3370. The standard InChI is InChI=1S/C55H32/c1-3-16-39-33(11-1)13-10-20-42(39)47-31-37-12-2-4-17-41(37)53-46-30-27-38(40-28-25-36-24-23-34-14-9-15-35-26-29-45(40)52(36)51(34)35)32-50(46)55(54(47)53)48-21-7-5-18-43(48)44-19-6-8-22-49(44)55/h1-32H. The van der Waals surface area contributed by atoms with Crippen molar-refractivity contribution in [3.8, 4) is 44.5 Å². The number of fused-ring (bicyclic) bond motifs is 13. The molecule has 0 heteroatoms. The second kappa shape index (κ2) is 10.6. The lowest BCUT2D eigenvalue weighted by Crippen LogP contribution is -2.26. The predicted octanol–water partition coefficient (Wildman–Crippen LogP) is 14.6. The summed E-state index contributed by atoms with van der Waals surface area (Å²) in [5, 5.41) is 13.0. The van der Waals surface area contributed by atoms with Crippen molar-refractivity contribution in [1.29, 1.82) is 0 Å². The molecule has 1 spiro atoms. The van der Waals surface area contributed by atoms with Crippen molar-refractivity contribution in [2.75, 3.05) is 0 Å². The summed E-state index contributed by atoms with van der Waals surface area (Å²) in [7, 11) is 0. The first-order valence-corrected chi connectivity index (χ1v) is 19.3. The molecule has 0 N–H and O–H groups in total. The van der Waals surface area contributed by atoms with E-state index in [0.717, 1.165) is 0 Å². The lowest BCUT2D eigenvalue weighted by molar-refractivity contribution is 0.797. The molecule has 252 valence electrons. The van der Waals surface area contributed by atoms with Gasteiger partial charge < -0.3 is 0 Å².